The van der Waals surface area contributed by atoms with Crippen molar-refractivity contribution in [2.45, 2.75) is 26.0 Å². The molecule has 1 unspecified atom stereocenters. The standard InChI is InChI=1S/C13H16N2O3/c1-9(16)10-4-6-11(7-5-10)14-13(17)15-12-3-2-8-18-12/h4-7,12H,2-3,8H2,1H3,(H2,14,15,17). The van der Waals surface area contributed by atoms with Crippen molar-refractivity contribution in [1.29, 1.82) is 0 Å². The maximum absolute atomic E-state index is 11.6. The Hall–Kier alpha value is -1.88. The second kappa shape index (κ2) is 5.64. The molecule has 1 heterocycles. The van der Waals surface area contributed by atoms with Crippen molar-refractivity contribution < 1.29 is 14.3 Å². The quantitative estimate of drug-likeness (QED) is 0.805. The lowest BCUT2D eigenvalue weighted by Gasteiger charge is -2.12. The molecule has 18 heavy (non-hydrogen) atoms. The molecule has 0 radical (unpaired) electrons. The Morgan fingerprint density at radius 3 is 2.56 bits per heavy atom. The van der Waals surface area contributed by atoms with Gasteiger partial charge >= 0.3 is 6.03 Å². The van der Waals surface area contributed by atoms with Crippen molar-refractivity contribution in [2.24, 2.45) is 0 Å². The zero-order valence-electron chi connectivity index (χ0n) is 10.2. The van der Waals surface area contributed by atoms with Gasteiger partial charge in [0.2, 0.25) is 0 Å². The van der Waals surface area contributed by atoms with Crippen molar-refractivity contribution in [1.82, 2.24) is 5.32 Å². The molecule has 2 N–H and O–H groups in total. The van der Waals surface area contributed by atoms with Crippen LogP contribution in [0.25, 0.3) is 0 Å². The minimum absolute atomic E-state index is 0.00496. The number of nitrogens with one attached hydrogen (secondary N) is 2. The molecular formula is C13H16N2O3. The van der Waals surface area contributed by atoms with Crippen molar-refractivity contribution in [2.75, 3.05) is 11.9 Å². The summed E-state index contributed by atoms with van der Waals surface area (Å²) in [6.45, 7) is 2.20. The van der Waals surface area contributed by atoms with Crippen LogP contribution in [0.1, 0.15) is 30.1 Å². The fourth-order valence-corrected chi connectivity index (χ4v) is 1.79. The van der Waals surface area contributed by atoms with E-state index in [2.05, 4.69) is 10.6 Å². The molecule has 0 aliphatic carbocycles. The van der Waals surface area contributed by atoms with Gasteiger partial charge in [0.25, 0.3) is 0 Å². The van der Waals surface area contributed by atoms with Crippen LogP contribution in [0.15, 0.2) is 24.3 Å². The monoisotopic (exact) mass is 248 g/mol. The summed E-state index contributed by atoms with van der Waals surface area (Å²) in [7, 11) is 0. The third-order valence-corrected chi connectivity index (χ3v) is 2.77. The van der Waals surface area contributed by atoms with Gasteiger partial charge in [0, 0.05) is 17.9 Å². The smallest absolute Gasteiger partial charge is 0.321 e. The summed E-state index contributed by atoms with van der Waals surface area (Å²) in [5.41, 5.74) is 1.27. The fraction of sp³-hybridized carbons (Fsp3) is 0.385. The first-order valence-electron chi connectivity index (χ1n) is 5.95. The lowest BCUT2D eigenvalue weighted by atomic mass is 10.1. The summed E-state index contributed by atoms with van der Waals surface area (Å²) < 4.78 is 5.30. The lowest BCUT2D eigenvalue weighted by Crippen LogP contribution is -2.37. The van der Waals surface area contributed by atoms with Crippen LogP contribution in [0.3, 0.4) is 0 Å². The fourth-order valence-electron chi connectivity index (χ4n) is 1.79. The van der Waals surface area contributed by atoms with Gasteiger partial charge in [-0.15, -0.1) is 0 Å². The molecule has 1 fully saturated rings. The zero-order chi connectivity index (χ0) is 13.0. The Kier molecular flexibility index (Phi) is 3.94. The van der Waals surface area contributed by atoms with E-state index in [0.29, 0.717) is 17.9 Å². The average molecular weight is 248 g/mol. The third-order valence-electron chi connectivity index (χ3n) is 2.77. The van der Waals surface area contributed by atoms with Crippen LogP contribution in [-0.2, 0) is 4.74 Å². The Morgan fingerprint density at radius 1 is 1.28 bits per heavy atom. The predicted octanol–water partition coefficient (Wildman–Crippen LogP) is 2.15. The molecule has 5 nitrogen and oxygen atoms in total. The van der Waals surface area contributed by atoms with Crippen LogP contribution in [-0.4, -0.2) is 24.6 Å². The van der Waals surface area contributed by atoms with Crippen LogP contribution in [0.5, 0.6) is 0 Å². The molecule has 1 atom stereocenters. The molecule has 1 aliphatic heterocycles. The van der Waals surface area contributed by atoms with Crippen LogP contribution < -0.4 is 10.6 Å². The third kappa shape index (κ3) is 3.30. The summed E-state index contributed by atoms with van der Waals surface area (Å²) in [5, 5.41) is 5.42. The number of ketones is 1. The molecular weight excluding hydrogens is 232 g/mol. The average Bonchev–Trinajstić information content (AvgIpc) is 2.82. The van der Waals surface area contributed by atoms with E-state index in [1.54, 1.807) is 24.3 Å². The number of anilines is 1. The molecule has 1 aliphatic rings. The Morgan fingerprint density at radius 2 is 2.00 bits per heavy atom. The highest BCUT2D eigenvalue weighted by Crippen LogP contribution is 2.11. The molecule has 1 aromatic rings. The Bertz CT molecular complexity index is 436. The number of benzene rings is 1. The van der Waals surface area contributed by atoms with E-state index in [0.717, 1.165) is 12.8 Å². The van der Waals surface area contributed by atoms with Gasteiger partial charge in [-0.2, -0.15) is 0 Å². The maximum Gasteiger partial charge on any atom is 0.321 e. The van der Waals surface area contributed by atoms with Gasteiger partial charge in [-0.05, 0) is 44.0 Å². The molecule has 2 amide bonds. The Labute approximate surface area is 106 Å². The summed E-state index contributed by atoms with van der Waals surface area (Å²) in [4.78, 5) is 22.7. The largest absolute Gasteiger partial charge is 0.358 e. The van der Waals surface area contributed by atoms with Crippen molar-refractivity contribution >= 4 is 17.5 Å². The van der Waals surface area contributed by atoms with Gasteiger partial charge in [0.05, 0.1) is 0 Å². The topological polar surface area (TPSA) is 67.4 Å². The van der Waals surface area contributed by atoms with E-state index in [9.17, 15) is 9.59 Å². The minimum atomic E-state index is -0.294. The number of carbonyl (C=O) groups is 2. The SMILES string of the molecule is CC(=O)c1ccc(NC(=O)NC2CCCO2)cc1. The first-order chi connectivity index (χ1) is 8.65. The van der Waals surface area contributed by atoms with Gasteiger partial charge in [0.1, 0.15) is 6.23 Å². The zero-order valence-corrected chi connectivity index (χ0v) is 10.2. The highest BCUT2D eigenvalue weighted by molar-refractivity contribution is 5.95. The predicted molar refractivity (Wildman–Crippen MR) is 67.6 cm³/mol. The van der Waals surface area contributed by atoms with Crippen molar-refractivity contribution in [3.8, 4) is 0 Å². The molecule has 5 heteroatoms. The second-order valence-electron chi connectivity index (χ2n) is 4.23. The number of hydrogen-bond donors (Lipinski definition) is 2. The van der Waals surface area contributed by atoms with Gasteiger partial charge in [-0.25, -0.2) is 4.79 Å². The van der Waals surface area contributed by atoms with Crippen LogP contribution >= 0.6 is 0 Å². The number of ether oxygens (including phenoxy) is 1. The maximum atomic E-state index is 11.6. The van der Waals surface area contributed by atoms with E-state index in [1.807, 2.05) is 0 Å². The number of Topliss-reactive ketones (excluding diaryl/α,β-unsaturated/α-hetero) is 1. The molecule has 0 saturated carbocycles. The summed E-state index contributed by atoms with van der Waals surface area (Å²) in [6, 6.07) is 6.48. The summed E-state index contributed by atoms with van der Waals surface area (Å²) in [6.07, 6.45) is 1.62. The normalized spacial score (nSPS) is 18.4. The van der Waals surface area contributed by atoms with Gasteiger partial charge in [0.15, 0.2) is 5.78 Å². The van der Waals surface area contributed by atoms with Crippen molar-refractivity contribution in [3.05, 3.63) is 29.8 Å². The number of hydrogen-bond acceptors (Lipinski definition) is 3. The van der Waals surface area contributed by atoms with Crippen LogP contribution in [0.2, 0.25) is 0 Å². The molecule has 0 bridgehead atoms. The second-order valence-corrected chi connectivity index (χ2v) is 4.23. The lowest BCUT2D eigenvalue weighted by molar-refractivity contribution is 0.0928. The van der Waals surface area contributed by atoms with E-state index in [-0.39, 0.29) is 18.0 Å². The van der Waals surface area contributed by atoms with Crippen molar-refractivity contribution in [3.63, 3.8) is 0 Å². The summed E-state index contributed by atoms with van der Waals surface area (Å²) >= 11 is 0. The molecule has 1 saturated heterocycles. The first-order valence-corrected chi connectivity index (χ1v) is 5.95. The van der Waals surface area contributed by atoms with Gasteiger partial charge < -0.3 is 15.4 Å². The highest BCUT2D eigenvalue weighted by atomic mass is 16.5. The number of rotatable bonds is 3. The van der Waals surface area contributed by atoms with Gasteiger partial charge in [-0.3, -0.25) is 4.79 Å². The number of carbonyl (C=O) groups excluding carboxylic acids is 2. The molecule has 96 valence electrons. The first kappa shape index (κ1) is 12.6. The Balaban J connectivity index is 1.88. The molecule has 0 spiro atoms. The summed E-state index contributed by atoms with van der Waals surface area (Å²) in [5.74, 6) is 0.00496. The van der Waals surface area contributed by atoms with Gasteiger partial charge in [-0.1, -0.05) is 0 Å². The van der Waals surface area contributed by atoms with Crippen LogP contribution in [0.4, 0.5) is 10.5 Å². The van der Waals surface area contributed by atoms with E-state index in [4.69, 9.17) is 4.74 Å². The minimum Gasteiger partial charge on any atom is -0.358 e. The van der Waals surface area contributed by atoms with Crippen LogP contribution in [0, 0.1) is 0 Å². The molecule has 1 aromatic carbocycles. The number of amides is 2. The molecule has 0 aromatic heterocycles. The van der Waals surface area contributed by atoms with E-state index in [1.165, 1.54) is 6.92 Å². The van der Waals surface area contributed by atoms with E-state index < -0.39 is 0 Å². The molecule has 2 rings (SSSR count). The number of urea groups is 1. The highest BCUT2D eigenvalue weighted by Gasteiger charge is 2.17. The van der Waals surface area contributed by atoms with E-state index >= 15 is 0 Å².